The summed E-state index contributed by atoms with van der Waals surface area (Å²) < 4.78 is 5.10. The quantitative estimate of drug-likeness (QED) is 0.723. The third kappa shape index (κ3) is 1.80. The van der Waals surface area contributed by atoms with E-state index in [4.69, 9.17) is 4.74 Å². The Kier molecular flexibility index (Phi) is 3.21. The molecule has 2 bridgehead atoms. The molecule has 0 heterocycles. The highest BCUT2D eigenvalue weighted by molar-refractivity contribution is 5.05. The van der Waals surface area contributed by atoms with E-state index in [2.05, 4.69) is 5.32 Å². The molecule has 0 radical (unpaired) electrons. The molecule has 16 heavy (non-hydrogen) atoms. The minimum atomic E-state index is 0.848. The van der Waals surface area contributed by atoms with Crippen molar-refractivity contribution in [3.8, 4) is 0 Å². The van der Waals surface area contributed by atoms with Gasteiger partial charge in [0.1, 0.15) is 0 Å². The minimum absolute atomic E-state index is 0.848. The van der Waals surface area contributed by atoms with Crippen LogP contribution in [0, 0.1) is 23.7 Å². The summed E-state index contributed by atoms with van der Waals surface area (Å²) in [5.74, 6) is 4.33. The Morgan fingerprint density at radius 2 is 2.00 bits per heavy atom. The van der Waals surface area contributed by atoms with E-state index in [1.807, 2.05) is 0 Å². The highest BCUT2D eigenvalue weighted by atomic mass is 16.5. The Hall–Kier alpha value is -0.0800. The zero-order valence-corrected chi connectivity index (χ0v) is 10.5. The number of hydrogen-bond donors (Lipinski definition) is 1. The van der Waals surface area contributed by atoms with Crippen molar-refractivity contribution in [2.45, 2.75) is 44.6 Å². The molecule has 0 saturated heterocycles. The van der Waals surface area contributed by atoms with E-state index in [0.29, 0.717) is 0 Å². The second-order valence-corrected chi connectivity index (χ2v) is 6.06. The fourth-order valence-electron chi connectivity index (χ4n) is 4.81. The van der Waals surface area contributed by atoms with Crippen molar-refractivity contribution in [3.05, 3.63) is 0 Å². The van der Waals surface area contributed by atoms with Crippen LogP contribution >= 0.6 is 0 Å². The maximum absolute atomic E-state index is 5.10. The Morgan fingerprint density at radius 1 is 1.12 bits per heavy atom. The molecule has 3 fully saturated rings. The van der Waals surface area contributed by atoms with Crippen molar-refractivity contribution in [1.29, 1.82) is 0 Å². The topological polar surface area (TPSA) is 21.3 Å². The standard InChI is InChI=1S/C14H25NO/c1-16-7-3-6-15-14-9-10-8-13(14)12-5-2-4-11(10)12/h10-15H,2-9H2,1H3/t10-,11-,12-,13+,14-/m1/s1. The van der Waals surface area contributed by atoms with Gasteiger partial charge in [-0.1, -0.05) is 6.42 Å². The molecule has 5 atom stereocenters. The van der Waals surface area contributed by atoms with Gasteiger partial charge < -0.3 is 10.1 Å². The number of rotatable bonds is 5. The summed E-state index contributed by atoms with van der Waals surface area (Å²) >= 11 is 0. The van der Waals surface area contributed by atoms with E-state index in [9.17, 15) is 0 Å². The molecule has 0 aromatic carbocycles. The maximum atomic E-state index is 5.10. The SMILES string of the molecule is COCCCN[C@@H]1C[C@H]2C[C@H]1[C@@H]1CCC[C@H]21. The number of nitrogens with one attached hydrogen (secondary N) is 1. The molecule has 2 heteroatoms. The second kappa shape index (κ2) is 4.66. The third-order valence-electron chi connectivity index (χ3n) is 5.36. The molecule has 3 saturated carbocycles. The van der Waals surface area contributed by atoms with Gasteiger partial charge in [-0.3, -0.25) is 0 Å². The molecule has 1 N–H and O–H groups in total. The van der Waals surface area contributed by atoms with Gasteiger partial charge in [0.15, 0.2) is 0 Å². The number of ether oxygens (including phenoxy) is 1. The molecule has 3 aliphatic carbocycles. The Labute approximate surface area is 99.1 Å². The summed E-state index contributed by atoms with van der Waals surface area (Å²) in [5.41, 5.74) is 0. The van der Waals surface area contributed by atoms with Crippen LogP contribution in [-0.4, -0.2) is 26.3 Å². The average molecular weight is 223 g/mol. The van der Waals surface area contributed by atoms with Crippen molar-refractivity contribution in [2.75, 3.05) is 20.3 Å². The van der Waals surface area contributed by atoms with Gasteiger partial charge in [0.05, 0.1) is 0 Å². The fourth-order valence-corrected chi connectivity index (χ4v) is 4.81. The van der Waals surface area contributed by atoms with Crippen molar-refractivity contribution < 1.29 is 4.74 Å². The molecule has 0 aliphatic heterocycles. The smallest absolute Gasteiger partial charge is 0.0474 e. The van der Waals surface area contributed by atoms with Gasteiger partial charge in [-0.05, 0) is 62.3 Å². The van der Waals surface area contributed by atoms with Gasteiger partial charge in [-0.2, -0.15) is 0 Å². The van der Waals surface area contributed by atoms with Crippen molar-refractivity contribution in [3.63, 3.8) is 0 Å². The first-order valence-corrected chi connectivity index (χ1v) is 7.12. The van der Waals surface area contributed by atoms with Crippen LogP contribution in [0.1, 0.15) is 38.5 Å². The van der Waals surface area contributed by atoms with Gasteiger partial charge in [0.25, 0.3) is 0 Å². The van der Waals surface area contributed by atoms with Gasteiger partial charge in [0, 0.05) is 19.8 Å². The molecule has 0 aromatic rings. The molecule has 3 rings (SSSR count). The lowest BCUT2D eigenvalue weighted by Gasteiger charge is -2.32. The predicted molar refractivity (Wildman–Crippen MR) is 65.3 cm³/mol. The van der Waals surface area contributed by atoms with Crippen molar-refractivity contribution in [1.82, 2.24) is 5.32 Å². The largest absolute Gasteiger partial charge is 0.385 e. The molecule has 0 amide bonds. The van der Waals surface area contributed by atoms with E-state index in [1.165, 1.54) is 32.1 Å². The first-order chi connectivity index (χ1) is 7.90. The summed E-state index contributed by atoms with van der Waals surface area (Å²) in [7, 11) is 1.79. The van der Waals surface area contributed by atoms with Crippen LogP contribution in [0.5, 0.6) is 0 Å². The van der Waals surface area contributed by atoms with Crippen LogP contribution in [0.25, 0.3) is 0 Å². The van der Waals surface area contributed by atoms with Crippen LogP contribution in [0.3, 0.4) is 0 Å². The summed E-state index contributed by atoms with van der Waals surface area (Å²) in [6, 6.07) is 0.848. The van der Waals surface area contributed by atoms with E-state index >= 15 is 0 Å². The van der Waals surface area contributed by atoms with E-state index < -0.39 is 0 Å². The molecule has 0 spiro atoms. The Morgan fingerprint density at radius 3 is 2.88 bits per heavy atom. The summed E-state index contributed by atoms with van der Waals surface area (Å²) in [6.45, 7) is 2.05. The third-order valence-corrected chi connectivity index (χ3v) is 5.36. The molecule has 3 aliphatic rings. The second-order valence-electron chi connectivity index (χ2n) is 6.06. The number of fused-ring (bicyclic) bond motifs is 5. The highest BCUT2D eigenvalue weighted by Crippen LogP contribution is 2.58. The van der Waals surface area contributed by atoms with Crippen molar-refractivity contribution in [2.24, 2.45) is 23.7 Å². The minimum Gasteiger partial charge on any atom is -0.385 e. The first-order valence-electron chi connectivity index (χ1n) is 7.12. The lowest BCUT2D eigenvalue weighted by Crippen LogP contribution is -2.39. The molecule has 0 aromatic heterocycles. The van der Waals surface area contributed by atoms with Crippen LogP contribution in [0.15, 0.2) is 0 Å². The van der Waals surface area contributed by atoms with Crippen LogP contribution < -0.4 is 5.32 Å². The summed E-state index contributed by atoms with van der Waals surface area (Å²) in [4.78, 5) is 0. The average Bonchev–Trinajstić information content (AvgIpc) is 2.95. The van der Waals surface area contributed by atoms with Crippen LogP contribution in [-0.2, 0) is 4.74 Å². The Bertz CT molecular complexity index is 243. The molecular weight excluding hydrogens is 198 g/mol. The zero-order chi connectivity index (χ0) is 11.0. The number of methoxy groups -OCH3 is 1. The normalized spacial score (nSPS) is 45.2. The predicted octanol–water partition coefficient (Wildman–Crippen LogP) is 2.44. The van der Waals surface area contributed by atoms with E-state index in [-0.39, 0.29) is 0 Å². The van der Waals surface area contributed by atoms with Crippen molar-refractivity contribution >= 4 is 0 Å². The molecule has 2 nitrogen and oxygen atoms in total. The van der Waals surface area contributed by atoms with Crippen LogP contribution in [0.2, 0.25) is 0 Å². The Balaban J connectivity index is 1.48. The van der Waals surface area contributed by atoms with Gasteiger partial charge in [-0.25, -0.2) is 0 Å². The number of hydrogen-bond acceptors (Lipinski definition) is 2. The van der Waals surface area contributed by atoms with Crippen LogP contribution in [0.4, 0.5) is 0 Å². The maximum Gasteiger partial charge on any atom is 0.0474 e. The van der Waals surface area contributed by atoms with E-state index in [1.54, 1.807) is 13.5 Å². The van der Waals surface area contributed by atoms with Gasteiger partial charge >= 0.3 is 0 Å². The fraction of sp³-hybridized carbons (Fsp3) is 1.00. The molecule has 92 valence electrons. The first kappa shape index (κ1) is 11.0. The van der Waals surface area contributed by atoms with Gasteiger partial charge in [0.2, 0.25) is 0 Å². The lowest BCUT2D eigenvalue weighted by atomic mass is 9.79. The van der Waals surface area contributed by atoms with Gasteiger partial charge in [-0.15, -0.1) is 0 Å². The summed E-state index contributed by atoms with van der Waals surface area (Å²) in [5, 5.41) is 3.78. The molecular formula is C14H25NO. The summed E-state index contributed by atoms with van der Waals surface area (Å²) in [6.07, 6.45) is 8.76. The monoisotopic (exact) mass is 223 g/mol. The lowest BCUT2D eigenvalue weighted by molar-refractivity contribution is 0.181. The van der Waals surface area contributed by atoms with E-state index in [0.717, 1.165) is 42.9 Å². The highest BCUT2D eigenvalue weighted by Gasteiger charge is 2.53. The zero-order valence-electron chi connectivity index (χ0n) is 10.5. The molecule has 0 unspecified atom stereocenters.